The van der Waals surface area contributed by atoms with Gasteiger partial charge in [0.1, 0.15) is 5.58 Å². The molecular formula is C12H13NO2. The Balaban J connectivity index is 2.79. The van der Waals surface area contributed by atoms with Gasteiger partial charge in [-0.1, -0.05) is 11.6 Å². The molecule has 1 aromatic carbocycles. The molecule has 0 fully saturated rings. The predicted octanol–water partition coefficient (Wildman–Crippen LogP) is 2.17. The smallest absolute Gasteiger partial charge is 0.199 e. The lowest BCUT2D eigenvalue weighted by atomic mass is 10.1. The minimum Gasteiger partial charge on any atom is -0.440 e. The first kappa shape index (κ1) is 9.77. The molecule has 0 atom stereocenters. The molecule has 0 N–H and O–H groups in total. The van der Waals surface area contributed by atoms with Gasteiger partial charge in [0.2, 0.25) is 0 Å². The normalized spacial score (nSPS) is 10.6. The molecule has 3 nitrogen and oxygen atoms in total. The molecular weight excluding hydrogens is 190 g/mol. The Labute approximate surface area is 87.9 Å². The number of benzene rings is 1. The van der Waals surface area contributed by atoms with Gasteiger partial charge in [0.25, 0.3) is 0 Å². The maximum Gasteiger partial charge on any atom is 0.199 e. The quantitative estimate of drug-likeness (QED) is 0.712. The second kappa shape index (κ2) is 3.42. The zero-order valence-corrected chi connectivity index (χ0v) is 9.07. The van der Waals surface area contributed by atoms with Crippen molar-refractivity contribution in [2.45, 2.75) is 6.92 Å². The first-order chi connectivity index (χ1) is 7.08. The van der Waals surface area contributed by atoms with Crippen molar-refractivity contribution in [2.75, 3.05) is 19.0 Å². The first-order valence-corrected chi connectivity index (χ1v) is 4.80. The van der Waals surface area contributed by atoms with Gasteiger partial charge >= 0.3 is 0 Å². The van der Waals surface area contributed by atoms with Crippen molar-refractivity contribution in [1.29, 1.82) is 0 Å². The van der Waals surface area contributed by atoms with E-state index in [1.807, 2.05) is 39.2 Å². The molecule has 15 heavy (non-hydrogen) atoms. The third-order valence-electron chi connectivity index (χ3n) is 2.31. The highest BCUT2D eigenvalue weighted by molar-refractivity contribution is 5.78. The lowest BCUT2D eigenvalue weighted by Gasteiger charge is -2.10. The van der Waals surface area contributed by atoms with E-state index in [0.29, 0.717) is 16.9 Å². The Morgan fingerprint density at radius 3 is 2.60 bits per heavy atom. The molecule has 1 aromatic heterocycles. The van der Waals surface area contributed by atoms with Gasteiger partial charge in [0, 0.05) is 20.2 Å². The summed E-state index contributed by atoms with van der Waals surface area (Å²) in [5.41, 5.74) is 1.70. The van der Waals surface area contributed by atoms with E-state index in [4.69, 9.17) is 4.42 Å². The third-order valence-corrected chi connectivity index (χ3v) is 2.31. The van der Waals surface area contributed by atoms with E-state index in [0.717, 1.165) is 5.56 Å². The molecule has 0 aliphatic rings. The molecule has 0 saturated heterocycles. The number of aryl methyl sites for hydroxylation is 1. The molecule has 0 spiro atoms. The molecule has 1 heterocycles. The summed E-state index contributed by atoms with van der Waals surface area (Å²) < 4.78 is 5.58. The maximum absolute atomic E-state index is 11.8. The van der Waals surface area contributed by atoms with E-state index >= 15 is 0 Å². The minimum atomic E-state index is 0.00338. The minimum absolute atomic E-state index is 0.00338. The summed E-state index contributed by atoms with van der Waals surface area (Å²) in [5.74, 6) is 0.580. The molecule has 0 unspecified atom stereocenters. The lowest BCUT2D eigenvalue weighted by Crippen LogP contribution is -2.12. The SMILES string of the molecule is Cc1ccc2oc(N(C)C)cc(=O)c2c1. The van der Waals surface area contributed by atoms with Gasteiger partial charge in [-0.15, -0.1) is 0 Å². The molecule has 0 aliphatic heterocycles. The molecule has 0 amide bonds. The Hall–Kier alpha value is -1.77. The van der Waals surface area contributed by atoms with Crippen molar-refractivity contribution >= 4 is 16.9 Å². The molecule has 2 aromatic rings. The van der Waals surface area contributed by atoms with Crippen LogP contribution in [0.4, 0.5) is 5.88 Å². The number of anilines is 1. The molecule has 0 radical (unpaired) electrons. The van der Waals surface area contributed by atoms with Crippen LogP contribution in [0.15, 0.2) is 33.5 Å². The van der Waals surface area contributed by atoms with Crippen LogP contribution in [-0.2, 0) is 0 Å². The van der Waals surface area contributed by atoms with Crippen LogP contribution >= 0.6 is 0 Å². The maximum atomic E-state index is 11.8. The van der Waals surface area contributed by atoms with Crippen molar-refractivity contribution in [3.8, 4) is 0 Å². The van der Waals surface area contributed by atoms with Gasteiger partial charge in [-0.3, -0.25) is 4.79 Å². The Kier molecular flexibility index (Phi) is 2.23. The molecule has 78 valence electrons. The second-order valence-corrected chi connectivity index (χ2v) is 3.84. The Morgan fingerprint density at radius 1 is 1.20 bits per heavy atom. The fourth-order valence-electron chi connectivity index (χ4n) is 1.48. The van der Waals surface area contributed by atoms with Crippen molar-refractivity contribution in [3.05, 3.63) is 40.1 Å². The highest BCUT2D eigenvalue weighted by Gasteiger charge is 2.05. The predicted molar refractivity (Wildman–Crippen MR) is 61.5 cm³/mol. The van der Waals surface area contributed by atoms with Crippen LogP contribution in [0.2, 0.25) is 0 Å². The average Bonchev–Trinajstić information content (AvgIpc) is 2.18. The van der Waals surface area contributed by atoms with Crippen LogP contribution in [0, 0.1) is 6.92 Å². The zero-order valence-electron chi connectivity index (χ0n) is 9.07. The summed E-state index contributed by atoms with van der Waals surface area (Å²) in [6.45, 7) is 1.96. The summed E-state index contributed by atoms with van der Waals surface area (Å²) in [5, 5.41) is 0.639. The van der Waals surface area contributed by atoms with Gasteiger partial charge in [0.15, 0.2) is 11.3 Å². The van der Waals surface area contributed by atoms with E-state index in [9.17, 15) is 4.79 Å². The summed E-state index contributed by atoms with van der Waals surface area (Å²) in [6, 6.07) is 7.13. The topological polar surface area (TPSA) is 33.5 Å². The number of hydrogen-bond acceptors (Lipinski definition) is 3. The highest BCUT2D eigenvalue weighted by atomic mass is 16.4. The van der Waals surface area contributed by atoms with E-state index in [-0.39, 0.29) is 5.43 Å². The van der Waals surface area contributed by atoms with Crippen LogP contribution in [0.5, 0.6) is 0 Å². The number of hydrogen-bond donors (Lipinski definition) is 0. The van der Waals surface area contributed by atoms with Gasteiger partial charge in [-0.25, -0.2) is 0 Å². The molecule has 0 bridgehead atoms. The fraction of sp³-hybridized carbons (Fsp3) is 0.250. The monoisotopic (exact) mass is 203 g/mol. The van der Waals surface area contributed by atoms with Crippen LogP contribution in [-0.4, -0.2) is 14.1 Å². The number of fused-ring (bicyclic) bond motifs is 1. The average molecular weight is 203 g/mol. The standard InChI is InChI=1S/C12H13NO2/c1-8-4-5-11-9(6-8)10(14)7-12(15-11)13(2)3/h4-7H,1-3H3. The zero-order chi connectivity index (χ0) is 11.0. The number of rotatable bonds is 1. The van der Waals surface area contributed by atoms with Gasteiger partial charge in [-0.2, -0.15) is 0 Å². The van der Waals surface area contributed by atoms with Gasteiger partial charge in [-0.05, 0) is 19.1 Å². The molecule has 0 aliphatic carbocycles. The summed E-state index contributed by atoms with van der Waals surface area (Å²) in [6.07, 6.45) is 0. The van der Waals surface area contributed by atoms with Crippen molar-refractivity contribution < 1.29 is 4.42 Å². The molecule has 3 heteroatoms. The van der Waals surface area contributed by atoms with Gasteiger partial charge < -0.3 is 9.32 Å². The second-order valence-electron chi connectivity index (χ2n) is 3.84. The van der Waals surface area contributed by atoms with Crippen molar-refractivity contribution in [3.63, 3.8) is 0 Å². The highest BCUT2D eigenvalue weighted by Crippen LogP contribution is 2.18. The van der Waals surface area contributed by atoms with E-state index in [1.54, 1.807) is 4.90 Å². The third kappa shape index (κ3) is 1.73. The summed E-state index contributed by atoms with van der Waals surface area (Å²) >= 11 is 0. The van der Waals surface area contributed by atoms with E-state index in [1.165, 1.54) is 6.07 Å². The van der Waals surface area contributed by atoms with Gasteiger partial charge in [0.05, 0.1) is 5.39 Å². The van der Waals surface area contributed by atoms with Crippen LogP contribution < -0.4 is 10.3 Å². The summed E-state index contributed by atoms with van der Waals surface area (Å²) in [7, 11) is 3.69. The lowest BCUT2D eigenvalue weighted by molar-refractivity contribution is 0.597. The largest absolute Gasteiger partial charge is 0.440 e. The molecule has 2 rings (SSSR count). The van der Waals surface area contributed by atoms with Crippen molar-refractivity contribution in [2.24, 2.45) is 0 Å². The first-order valence-electron chi connectivity index (χ1n) is 4.80. The Morgan fingerprint density at radius 2 is 1.93 bits per heavy atom. The van der Waals surface area contributed by atoms with Crippen LogP contribution in [0.1, 0.15) is 5.56 Å². The summed E-state index contributed by atoms with van der Waals surface area (Å²) in [4.78, 5) is 13.5. The van der Waals surface area contributed by atoms with Crippen LogP contribution in [0.25, 0.3) is 11.0 Å². The van der Waals surface area contributed by atoms with E-state index in [2.05, 4.69) is 0 Å². The fourth-order valence-corrected chi connectivity index (χ4v) is 1.48. The molecule has 0 saturated carbocycles. The van der Waals surface area contributed by atoms with E-state index < -0.39 is 0 Å². The number of nitrogens with zero attached hydrogens (tertiary/aromatic N) is 1. The van der Waals surface area contributed by atoms with Crippen LogP contribution in [0.3, 0.4) is 0 Å². The van der Waals surface area contributed by atoms with Crippen molar-refractivity contribution in [1.82, 2.24) is 0 Å². The Bertz CT molecular complexity index is 555.